The Morgan fingerprint density at radius 1 is 1.16 bits per heavy atom. The van der Waals surface area contributed by atoms with Crippen LogP contribution in [0.1, 0.15) is 0 Å². The van der Waals surface area contributed by atoms with Crippen LogP contribution in [-0.4, -0.2) is 14.5 Å². The molecule has 2 aromatic heterocycles. The highest BCUT2D eigenvalue weighted by atomic mass is 79.9. The molecule has 6 heteroatoms. The third kappa shape index (κ3) is 2.04. The van der Waals surface area contributed by atoms with Crippen molar-refractivity contribution < 1.29 is 0 Å². The number of hydrogen-bond acceptors (Lipinski definition) is 2. The fraction of sp³-hybridized carbons (Fsp3) is 0.0769. The van der Waals surface area contributed by atoms with Crippen molar-refractivity contribution in [3.05, 3.63) is 45.1 Å². The normalized spacial score (nSPS) is 11.2. The molecule has 3 rings (SSSR count). The van der Waals surface area contributed by atoms with Crippen LogP contribution >= 0.6 is 39.1 Å². The fourth-order valence-electron chi connectivity index (χ4n) is 2.05. The van der Waals surface area contributed by atoms with Crippen LogP contribution in [0.25, 0.3) is 22.4 Å². The van der Waals surface area contributed by atoms with Crippen LogP contribution in [0.15, 0.2) is 35.1 Å². The number of hydrogen-bond donors (Lipinski definition) is 0. The van der Waals surface area contributed by atoms with E-state index in [0.717, 1.165) is 27.0 Å². The van der Waals surface area contributed by atoms with Gasteiger partial charge in [0.05, 0.1) is 21.1 Å². The van der Waals surface area contributed by atoms with Crippen molar-refractivity contribution in [2.45, 2.75) is 0 Å². The molecule has 2 heterocycles. The highest BCUT2D eigenvalue weighted by Gasteiger charge is 2.17. The SMILES string of the molecule is Cn1c(-c2c(Cl)cccc2Cl)nc2ccnc(Br)c21. The second-order valence-electron chi connectivity index (χ2n) is 4.06. The number of aromatic nitrogens is 3. The Bertz CT molecular complexity index is 763. The van der Waals surface area contributed by atoms with E-state index in [2.05, 4.69) is 25.9 Å². The van der Waals surface area contributed by atoms with Gasteiger partial charge in [-0.2, -0.15) is 0 Å². The Labute approximate surface area is 128 Å². The Balaban J connectivity index is 2.38. The number of pyridine rings is 1. The molecule has 19 heavy (non-hydrogen) atoms. The number of fused-ring (bicyclic) bond motifs is 1. The van der Waals surface area contributed by atoms with E-state index in [1.165, 1.54) is 0 Å². The number of aryl methyl sites for hydroxylation is 1. The molecule has 0 bridgehead atoms. The molecular formula is C13H8BrCl2N3. The van der Waals surface area contributed by atoms with Crippen molar-refractivity contribution in [1.82, 2.24) is 14.5 Å². The lowest BCUT2D eigenvalue weighted by Crippen LogP contribution is -1.94. The van der Waals surface area contributed by atoms with Crippen LogP contribution in [0, 0.1) is 0 Å². The molecule has 0 spiro atoms. The molecule has 0 aliphatic carbocycles. The number of halogens is 3. The number of rotatable bonds is 1. The highest BCUT2D eigenvalue weighted by Crippen LogP contribution is 2.36. The number of benzene rings is 1. The molecule has 0 unspecified atom stereocenters. The molecule has 3 aromatic rings. The average molecular weight is 357 g/mol. The van der Waals surface area contributed by atoms with Crippen LogP contribution in [0.5, 0.6) is 0 Å². The first-order valence-corrected chi connectivity index (χ1v) is 7.06. The van der Waals surface area contributed by atoms with Gasteiger partial charge in [-0.3, -0.25) is 0 Å². The molecule has 96 valence electrons. The van der Waals surface area contributed by atoms with Gasteiger partial charge in [0.15, 0.2) is 0 Å². The Morgan fingerprint density at radius 2 is 1.84 bits per heavy atom. The Morgan fingerprint density at radius 3 is 2.47 bits per heavy atom. The van der Waals surface area contributed by atoms with E-state index in [0.29, 0.717) is 10.0 Å². The van der Waals surface area contributed by atoms with Gasteiger partial charge in [0.25, 0.3) is 0 Å². The quantitative estimate of drug-likeness (QED) is 0.591. The van der Waals surface area contributed by atoms with Crippen LogP contribution < -0.4 is 0 Å². The molecule has 0 fully saturated rings. The molecule has 0 saturated heterocycles. The van der Waals surface area contributed by atoms with Gasteiger partial charge in [-0.15, -0.1) is 0 Å². The topological polar surface area (TPSA) is 30.7 Å². The van der Waals surface area contributed by atoms with Crippen LogP contribution in [0.2, 0.25) is 10.0 Å². The van der Waals surface area contributed by atoms with E-state index in [1.807, 2.05) is 23.7 Å². The molecule has 0 amide bonds. The fourth-order valence-corrected chi connectivity index (χ4v) is 3.20. The van der Waals surface area contributed by atoms with Crippen LogP contribution in [-0.2, 0) is 7.05 Å². The predicted octanol–water partition coefficient (Wildman–Crippen LogP) is 4.70. The second-order valence-corrected chi connectivity index (χ2v) is 5.63. The number of imidazole rings is 1. The summed E-state index contributed by atoms with van der Waals surface area (Å²) in [5.41, 5.74) is 2.49. The summed E-state index contributed by atoms with van der Waals surface area (Å²) in [4.78, 5) is 8.80. The van der Waals surface area contributed by atoms with E-state index in [4.69, 9.17) is 23.2 Å². The molecule has 0 saturated carbocycles. The van der Waals surface area contributed by atoms with Gasteiger partial charge in [0, 0.05) is 13.2 Å². The zero-order chi connectivity index (χ0) is 13.6. The molecule has 1 aromatic carbocycles. The summed E-state index contributed by atoms with van der Waals surface area (Å²) in [6, 6.07) is 7.27. The van der Waals surface area contributed by atoms with Crippen molar-refractivity contribution in [3.8, 4) is 11.4 Å². The zero-order valence-corrected chi connectivity index (χ0v) is 13.0. The van der Waals surface area contributed by atoms with Gasteiger partial charge in [-0.25, -0.2) is 9.97 Å². The van der Waals surface area contributed by atoms with Crippen molar-refractivity contribution >= 4 is 50.2 Å². The summed E-state index contributed by atoms with van der Waals surface area (Å²) >= 11 is 15.9. The number of nitrogens with zero attached hydrogens (tertiary/aromatic N) is 3. The maximum atomic E-state index is 6.24. The van der Waals surface area contributed by atoms with Gasteiger partial charge in [-0.1, -0.05) is 29.3 Å². The molecular weight excluding hydrogens is 349 g/mol. The summed E-state index contributed by atoms with van der Waals surface area (Å²) in [7, 11) is 1.91. The molecule has 0 atom stereocenters. The van der Waals surface area contributed by atoms with Gasteiger partial charge >= 0.3 is 0 Å². The van der Waals surface area contributed by atoms with Crippen molar-refractivity contribution in [3.63, 3.8) is 0 Å². The summed E-state index contributed by atoms with van der Waals surface area (Å²) < 4.78 is 2.67. The Hall–Kier alpha value is -1.10. The molecule has 0 radical (unpaired) electrons. The third-order valence-electron chi connectivity index (χ3n) is 2.92. The van der Waals surface area contributed by atoms with Crippen molar-refractivity contribution in [1.29, 1.82) is 0 Å². The van der Waals surface area contributed by atoms with Gasteiger partial charge in [-0.05, 0) is 34.1 Å². The van der Waals surface area contributed by atoms with Gasteiger partial charge < -0.3 is 4.57 Å². The van der Waals surface area contributed by atoms with Gasteiger partial charge in [0.2, 0.25) is 0 Å². The molecule has 0 aliphatic rings. The average Bonchev–Trinajstić information content (AvgIpc) is 2.68. The van der Waals surface area contributed by atoms with Crippen LogP contribution in [0.4, 0.5) is 0 Å². The summed E-state index contributed by atoms with van der Waals surface area (Å²) in [5.74, 6) is 0.722. The molecule has 0 N–H and O–H groups in total. The monoisotopic (exact) mass is 355 g/mol. The summed E-state index contributed by atoms with van der Waals surface area (Å²) in [5, 5.41) is 1.16. The lowest BCUT2D eigenvalue weighted by Gasteiger charge is -2.07. The molecule has 3 nitrogen and oxygen atoms in total. The first-order chi connectivity index (χ1) is 9.09. The van der Waals surface area contributed by atoms with Crippen molar-refractivity contribution in [2.75, 3.05) is 0 Å². The second kappa shape index (κ2) is 4.78. The minimum Gasteiger partial charge on any atom is -0.325 e. The maximum Gasteiger partial charge on any atom is 0.143 e. The summed E-state index contributed by atoms with van der Waals surface area (Å²) in [6.45, 7) is 0. The van der Waals surface area contributed by atoms with E-state index in [-0.39, 0.29) is 0 Å². The predicted molar refractivity (Wildman–Crippen MR) is 81.7 cm³/mol. The Kier molecular flexibility index (Phi) is 3.25. The minimum absolute atomic E-state index is 0.579. The standard InChI is InChI=1S/C13H8BrCl2N3/c1-19-11-9(5-6-17-12(11)14)18-13(19)10-7(15)3-2-4-8(10)16/h2-6H,1H3. The van der Waals surface area contributed by atoms with E-state index >= 15 is 0 Å². The first-order valence-electron chi connectivity index (χ1n) is 5.51. The molecule has 0 aliphatic heterocycles. The lowest BCUT2D eigenvalue weighted by atomic mass is 10.2. The first kappa shape index (κ1) is 12.9. The minimum atomic E-state index is 0.579. The smallest absolute Gasteiger partial charge is 0.143 e. The van der Waals surface area contributed by atoms with Gasteiger partial charge in [0.1, 0.15) is 15.9 Å². The highest BCUT2D eigenvalue weighted by molar-refractivity contribution is 9.10. The van der Waals surface area contributed by atoms with Crippen molar-refractivity contribution in [2.24, 2.45) is 7.05 Å². The third-order valence-corrected chi connectivity index (χ3v) is 4.13. The van der Waals surface area contributed by atoms with E-state index in [9.17, 15) is 0 Å². The van der Waals surface area contributed by atoms with Crippen LogP contribution in [0.3, 0.4) is 0 Å². The largest absolute Gasteiger partial charge is 0.325 e. The van der Waals surface area contributed by atoms with E-state index in [1.54, 1.807) is 18.3 Å². The summed E-state index contributed by atoms with van der Waals surface area (Å²) in [6.07, 6.45) is 1.71. The maximum absolute atomic E-state index is 6.24. The van der Waals surface area contributed by atoms with E-state index < -0.39 is 0 Å². The zero-order valence-electron chi connectivity index (χ0n) is 9.86. The lowest BCUT2D eigenvalue weighted by molar-refractivity contribution is 0.953.